The number of aromatic nitrogens is 2. The Kier molecular flexibility index (Phi) is 8.90. The van der Waals surface area contributed by atoms with E-state index in [0.717, 1.165) is 30.4 Å². The predicted octanol–water partition coefficient (Wildman–Crippen LogP) is 3.14. The van der Waals surface area contributed by atoms with Gasteiger partial charge in [0.15, 0.2) is 5.69 Å². The fourth-order valence-electron chi connectivity index (χ4n) is 3.46. The van der Waals surface area contributed by atoms with E-state index in [1.54, 1.807) is 0 Å². The van der Waals surface area contributed by atoms with Crippen molar-refractivity contribution < 1.29 is 9.53 Å². The van der Waals surface area contributed by atoms with E-state index in [4.69, 9.17) is 10.5 Å². The maximum atomic E-state index is 13.0. The lowest BCUT2D eigenvalue weighted by Crippen LogP contribution is -2.42. The number of ether oxygens (including phenoxy) is 1. The summed E-state index contributed by atoms with van der Waals surface area (Å²) in [6.45, 7) is 8.88. The van der Waals surface area contributed by atoms with Crippen LogP contribution in [-0.4, -0.2) is 28.6 Å². The van der Waals surface area contributed by atoms with Gasteiger partial charge in [-0.05, 0) is 49.9 Å². The van der Waals surface area contributed by atoms with E-state index < -0.39 is 11.2 Å². The number of nitrogens with zero attached hydrogens (tertiary/aromatic N) is 2. The third kappa shape index (κ3) is 6.47. The van der Waals surface area contributed by atoms with Crippen molar-refractivity contribution in [3.8, 4) is 5.75 Å². The summed E-state index contributed by atoms with van der Waals surface area (Å²) in [4.78, 5) is 41.5. The van der Waals surface area contributed by atoms with Crippen molar-refractivity contribution in [3.05, 3.63) is 50.2 Å². The smallest absolute Gasteiger partial charge is 0.330 e. The molecule has 0 unspecified atom stereocenters. The van der Waals surface area contributed by atoms with Gasteiger partial charge in [0.1, 0.15) is 11.6 Å². The number of hydrogen-bond donors (Lipinski definition) is 2. The van der Waals surface area contributed by atoms with Crippen LogP contribution in [0.4, 0.5) is 11.5 Å². The maximum Gasteiger partial charge on any atom is 0.330 e. The third-order valence-corrected chi connectivity index (χ3v) is 5.04. The SMILES string of the molecule is CCCCN(C(=O)CCOc1cc(C)cc(C)c1)c1c(N)n(CCCC)c(=O)[nH]c1=O. The first-order chi connectivity index (χ1) is 14.8. The van der Waals surface area contributed by atoms with Crippen LogP contribution in [0.25, 0.3) is 0 Å². The van der Waals surface area contributed by atoms with E-state index in [1.165, 1.54) is 9.47 Å². The van der Waals surface area contributed by atoms with Crippen molar-refractivity contribution in [1.82, 2.24) is 9.55 Å². The molecule has 8 nitrogen and oxygen atoms in total. The molecule has 2 rings (SSSR count). The zero-order valence-electron chi connectivity index (χ0n) is 19.0. The van der Waals surface area contributed by atoms with Gasteiger partial charge in [-0.25, -0.2) is 4.79 Å². The van der Waals surface area contributed by atoms with Gasteiger partial charge in [0, 0.05) is 13.1 Å². The summed E-state index contributed by atoms with van der Waals surface area (Å²) in [6, 6.07) is 5.88. The van der Waals surface area contributed by atoms with Crippen LogP contribution in [0, 0.1) is 13.8 Å². The Hall–Kier alpha value is -3.03. The van der Waals surface area contributed by atoms with Crippen molar-refractivity contribution in [3.63, 3.8) is 0 Å². The molecule has 0 saturated carbocycles. The van der Waals surface area contributed by atoms with Gasteiger partial charge in [-0.3, -0.25) is 19.1 Å². The molecule has 170 valence electrons. The van der Waals surface area contributed by atoms with Gasteiger partial charge in [0.2, 0.25) is 5.91 Å². The largest absolute Gasteiger partial charge is 0.493 e. The van der Waals surface area contributed by atoms with Crippen molar-refractivity contribution in [2.45, 2.75) is 66.3 Å². The minimum atomic E-state index is -0.644. The molecule has 0 fully saturated rings. The predicted molar refractivity (Wildman–Crippen MR) is 124 cm³/mol. The number of aryl methyl sites for hydroxylation is 2. The minimum Gasteiger partial charge on any atom is -0.493 e. The van der Waals surface area contributed by atoms with Crippen molar-refractivity contribution in [1.29, 1.82) is 0 Å². The number of carbonyl (C=O) groups is 1. The lowest BCUT2D eigenvalue weighted by molar-refractivity contribution is -0.119. The molecule has 3 N–H and O–H groups in total. The van der Waals surface area contributed by atoms with Crippen LogP contribution in [0.2, 0.25) is 0 Å². The Morgan fingerprint density at radius 3 is 2.35 bits per heavy atom. The normalized spacial score (nSPS) is 10.8. The molecule has 8 heteroatoms. The third-order valence-electron chi connectivity index (χ3n) is 5.04. The quantitative estimate of drug-likeness (QED) is 0.569. The zero-order valence-corrected chi connectivity index (χ0v) is 19.0. The molecule has 0 saturated heterocycles. The average molecular weight is 431 g/mol. The summed E-state index contributed by atoms with van der Waals surface area (Å²) in [5.74, 6) is 0.466. The zero-order chi connectivity index (χ0) is 23.0. The van der Waals surface area contributed by atoms with Crippen LogP contribution in [0.15, 0.2) is 27.8 Å². The highest BCUT2D eigenvalue weighted by molar-refractivity contribution is 5.95. The van der Waals surface area contributed by atoms with Gasteiger partial charge in [-0.15, -0.1) is 0 Å². The topological polar surface area (TPSA) is 110 Å². The van der Waals surface area contributed by atoms with Gasteiger partial charge in [-0.1, -0.05) is 32.8 Å². The van der Waals surface area contributed by atoms with Crippen LogP contribution >= 0.6 is 0 Å². The molecular formula is C23H34N4O4. The first kappa shape index (κ1) is 24.2. The van der Waals surface area contributed by atoms with Crippen molar-refractivity contribution in [2.24, 2.45) is 0 Å². The number of aromatic amines is 1. The summed E-state index contributed by atoms with van der Waals surface area (Å²) < 4.78 is 7.10. The van der Waals surface area contributed by atoms with Crippen LogP contribution in [0.1, 0.15) is 57.1 Å². The fraction of sp³-hybridized carbons (Fsp3) is 0.522. The molecule has 0 aliphatic heterocycles. The number of carbonyl (C=O) groups excluding carboxylic acids is 1. The molecule has 0 radical (unpaired) electrons. The molecule has 1 heterocycles. The minimum absolute atomic E-state index is 0.0295. The van der Waals surface area contributed by atoms with Crippen LogP contribution in [-0.2, 0) is 11.3 Å². The Morgan fingerprint density at radius 2 is 1.74 bits per heavy atom. The number of rotatable bonds is 11. The van der Waals surface area contributed by atoms with Crippen molar-refractivity contribution >= 4 is 17.4 Å². The van der Waals surface area contributed by atoms with E-state index >= 15 is 0 Å². The molecule has 0 atom stereocenters. The number of nitrogens with one attached hydrogen (secondary N) is 1. The molecule has 0 bridgehead atoms. The summed E-state index contributed by atoms with van der Waals surface area (Å²) >= 11 is 0. The second-order valence-corrected chi connectivity index (χ2v) is 7.82. The molecule has 1 aromatic carbocycles. The molecule has 0 spiro atoms. The lowest BCUT2D eigenvalue weighted by Gasteiger charge is -2.24. The fourth-order valence-corrected chi connectivity index (χ4v) is 3.46. The van der Waals surface area contributed by atoms with Crippen LogP contribution in [0.3, 0.4) is 0 Å². The maximum absolute atomic E-state index is 13.0. The molecule has 1 aromatic heterocycles. The summed E-state index contributed by atoms with van der Waals surface area (Å²) in [7, 11) is 0. The first-order valence-electron chi connectivity index (χ1n) is 10.9. The Balaban J connectivity index is 2.25. The number of hydrogen-bond acceptors (Lipinski definition) is 5. The summed E-state index contributed by atoms with van der Waals surface area (Å²) in [5, 5.41) is 0. The Labute approximate surface area is 183 Å². The second kappa shape index (κ2) is 11.4. The number of benzene rings is 1. The number of anilines is 2. The number of H-pyrrole nitrogens is 1. The van der Waals surface area contributed by atoms with Crippen LogP contribution in [0.5, 0.6) is 5.75 Å². The van der Waals surface area contributed by atoms with Crippen molar-refractivity contribution in [2.75, 3.05) is 23.8 Å². The van der Waals surface area contributed by atoms with E-state index in [2.05, 4.69) is 4.98 Å². The average Bonchev–Trinajstić information content (AvgIpc) is 2.69. The Bertz CT molecular complexity index is 989. The summed E-state index contributed by atoms with van der Waals surface area (Å²) in [6.07, 6.45) is 3.24. The molecular weight excluding hydrogens is 396 g/mol. The number of nitrogens with two attached hydrogens (primary N) is 1. The van der Waals surface area contributed by atoms with E-state index in [9.17, 15) is 14.4 Å². The van der Waals surface area contributed by atoms with E-state index in [1.807, 2.05) is 45.9 Å². The van der Waals surface area contributed by atoms with Crippen LogP contribution < -0.4 is 26.6 Å². The van der Waals surface area contributed by atoms with Gasteiger partial charge in [0.05, 0.1) is 13.0 Å². The summed E-state index contributed by atoms with van der Waals surface area (Å²) in [5.41, 5.74) is 7.22. The molecule has 1 amide bonds. The van der Waals surface area contributed by atoms with Gasteiger partial charge < -0.3 is 15.4 Å². The highest BCUT2D eigenvalue weighted by Crippen LogP contribution is 2.20. The van der Waals surface area contributed by atoms with Gasteiger partial charge in [-0.2, -0.15) is 0 Å². The molecule has 2 aromatic rings. The number of amides is 1. The van der Waals surface area contributed by atoms with Gasteiger partial charge >= 0.3 is 5.69 Å². The number of nitrogen functional groups attached to an aromatic ring is 1. The Morgan fingerprint density at radius 1 is 1.10 bits per heavy atom. The lowest BCUT2D eigenvalue weighted by atomic mass is 10.1. The second-order valence-electron chi connectivity index (χ2n) is 7.82. The first-order valence-corrected chi connectivity index (χ1v) is 10.9. The van der Waals surface area contributed by atoms with E-state index in [0.29, 0.717) is 25.3 Å². The highest BCUT2D eigenvalue weighted by Gasteiger charge is 2.23. The standard InChI is InChI=1S/C23H34N4O4/c1-5-7-10-26(19(28)9-12-31-18-14-16(3)13-17(4)15-18)20-21(24)27(11-8-6-2)23(30)25-22(20)29/h13-15H,5-12,24H2,1-4H3,(H,25,29,30). The number of unbranched alkanes of at least 4 members (excludes halogenated alkanes) is 2. The molecule has 31 heavy (non-hydrogen) atoms. The van der Waals surface area contributed by atoms with E-state index in [-0.39, 0.29) is 30.4 Å². The van der Waals surface area contributed by atoms with Gasteiger partial charge in [0.25, 0.3) is 5.56 Å². The monoisotopic (exact) mass is 430 g/mol. The molecule has 0 aliphatic carbocycles. The highest BCUT2D eigenvalue weighted by atomic mass is 16.5. The molecule has 0 aliphatic rings.